The average molecular weight is 412 g/mol. The van der Waals surface area contributed by atoms with Crippen LogP contribution in [0.25, 0.3) is 5.78 Å². The minimum Gasteiger partial charge on any atom is -0.338 e. The first-order valence-electron chi connectivity index (χ1n) is 9.01. The Balaban J connectivity index is 1.78. The number of sulfone groups is 1. The second-order valence-electron chi connectivity index (χ2n) is 6.95. The van der Waals surface area contributed by atoms with Crippen molar-refractivity contribution in [2.45, 2.75) is 57.5 Å². The summed E-state index contributed by atoms with van der Waals surface area (Å²) in [4.78, 5) is 23.5. The van der Waals surface area contributed by atoms with Crippen molar-refractivity contribution in [3.63, 3.8) is 0 Å². The average Bonchev–Trinajstić information content (AvgIpc) is 3.16. The molecule has 3 heterocycles. The van der Waals surface area contributed by atoms with Crippen molar-refractivity contribution in [2.24, 2.45) is 0 Å². The van der Waals surface area contributed by atoms with Gasteiger partial charge >= 0.3 is 0 Å². The molecule has 0 radical (unpaired) electrons. The quantitative estimate of drug-likeness (QED) is 0.689. The predicted octanol–water partition coefficient (Wildman–Crippen LogP) is 1.57. The van der Waals surface area contributed by atoms with Crippen LogP contribution in [0.3, 0.4) is 0 Å². The maximum Gasteiger partial charge on any atom is 0.253 e. The van der Waals surface area contributed by atoms with Gasteiger partial charge in [0.1, 0.15) is 0 Å². The summed E-state index contributed by atoms with van der Waals surface area (Å²) in [6.07, 6.45) is 0.508. The Morgan fingerprint density at radius 3 is 2.63 bits per heavy atom. The van der Waals surface area contributed by atoms with Gasteiger partial charge in [-0.3, -0.25) is 4.79 Å². The smallest absolute Gasteiger partial charge is 0.253 e. The molecule has 0 bridgehead atoms. The first-order chi connectivity index (χ1) is 12.6. The molecule has 0 N–H and O–H groups in total. The molecule has 2 aromatic heterocycles. The Morgan fingerprint density at radius 1 is 1.33 bits per heavy atom. The highest BCUT2D eigenvalue weighted by Crippen LogP contribution is 2.25. The van der Waals surface area contributed by atoms with Crippen molar-refractivity contribution in [3.05, 3.63) is 17.0 Å². The molecule has 1 aliphatic rings. The number of fused-ring (bicyclic) bond motifs is 1. The molecule has 148 valence electrons. The lowest BCUT2D eigenvalue weighted by atomic mass is 10.2. The summed E-state index contributed by atoms with van der Waals surface area (Å²) < 4.78 is 25.2. The van der Waals surface area contributed by atoms with Gasteiger partial charge in [-0.05, 0) is 46.6 Å². The van der Waals surface area contributed by atoms with E-state index < -0.39 is 15.1 Å². The maximum atomic E-state index is 12.9. The highest BCUT2D eigenvalue weighted by Gasteiger charge is 2.35. The van der Waals surface area contributed by atoms with Crippen molar-refractivity contribution in [1.82, 2.24) is 24.5 Å². The first-order valence-corrected chi connectivity index (χ1v) is 11.7. The fourth-order valence-electron chi connectivity index (χ4n) is 3.34. The molecule has 1 amide bonds. The Morgan fingerprint density at radius 2 is 2.04 bits per heavy atom. The van der Waals surface area contributed by atoms with Crippen molar-refractivity contribution in [3.8, 4) is 0 Å². The largest absolute Gasteiger partial charge is 0.338 e. The fraction of sp³-hybridized carbons (Fsp3) is 0.647. The van der Waals surface area contributed by atoms with Crippen LogP contribution in [-0.2, 0) is 14.6 Å². The second-order valence-corrected chi connectivity index (χ2v) is 10.5. The number of rotatable bonds is 5. The van der Waals surface area contributed by atoms with Gasteiger partial charge in [0.15, 0.2) is 9.84 Å². The summed E-state index contributed by atoms with van der Waals surface area (Å²) in [5, 5.41) is 4.56. The van der Waals surface area contributed by atoms with Gasteiger partial charge in [0.25, 0.3) is 5.78 Å². The van der Waals surface area contributed by atoms with E-state index in [1.165, 1.54) is 11.8 Å². The number of amides is 1. The molecule has 2 aromatic rings. The van der Waals surface area contributed by atoms with Crippen LogP contribution in [0.5, 0.6) is 0 Å². The van der Waals surface area contributed by atoms with Gasteiger partial charge in [-0.15, -0.1) is 5.10 Å². The number of aryl methyl sites for hydroxylation is 2. The van der Waals surface area contributed by atoms with Crippen molar-refractivity contribution < 1.29 is 13.2 Å². The van der Waals surface area contributed by atoms with E-state index >= 15 is 0 Å². The topological polar surface area (TPSA) is 97.5 Å². The number of thioether (sulfide) groups is 1. The SMILES string of the molecule is CCN(C(=O)C(C)Sc1nc2nc(C)c(C)c(C)n2n1)C1CCS(=O)(=O)C1. The molecular formula is C17H25N5O3S2. The number of hydrogen-bond donors (Lipinski definition) is 0. The molecule has 27 heavy (non-hydrogen) atoms. The van der Waals surface area contributed by atoms with E-state index in [1.807, 2.05) is 34.6 Å². The highest BCUT2D eigenvalue weighted by atomic mass is 32.2. The van der Waals surface area contributed by atoms with Gasteiger partial charge in [-0.2, -0.15) is 4.98 Å². The lowest BCUT2D eigenvalue weighted by Crippen LogP contribution is -2.44. The van der Waals surface area contributed by atoms with Crippen LogP contribution in [0, 0.1) is 20.8 Å². The van der Waals surface area contributed by atoms with Crippen LogP contribution < -0.4 is 0 Å². The van der Waals surface area contributed by atoms with Gasteiger partial charge in [-0.25, -0.2) is 17.9 Å². The Bertz CT molecular complexity index is 986. The van der Waals surface area contributed by atoms with Crippen LogP contribution in [0.15, 0.2) is 5.16 Å². The van der Waals surface area contributed by atoms with Crippen LogP contribution in [0.2, 0.25) is 0 Å². The number of aromatic nitrogens is 4. The van der Waals surface area contributed by atoms with Crippen molar-refractivity contribution in [2.75, 3.05) is 18.1 Å². The predicted molar refractivity (Wildman–Crippen MR) is 105 cm³/mol. The van der Waals surface area contributed by atoms with Crippen LogP contribution in [-0.4, -0.2) is 68.1 Å². The van der Waals surface area contributed by atoms with Gasteiger partial charge in [-0.1, -0.05) is 11.8 Å². The third-order valence-electron chi connectivity index (χ3n) is 5.14. The monoisotopic (exact) mass is 411 g/mol. The normalized spacial score (nSPS) is 20.1. The van der Waals surface area contributed by atoms with E-state index in [-0.39, 0.29) is 23.5 Å². The van der Waals surface area contributed by atoms with E-state index in [4.69, 9.17) is 0 Å². The van der Waals surface area contributed by atoms with E-state index in [2.05, 4.69) is 15.1 Å². The lowest BCUT2D eigenvalue weighted by Gasteiger charge is -2.29. The highest BCUT2D eigenvalue weighted by molar-refractivity contribution is 8.00. The molecule has 1 saturated heterocycles. The van der Waals surface area contributed by atoms with Crippen LogP contribution in [0.1, 0.15) is 37.2 Å². The second kappa shape index (κ2) is 7.38. The molecule has 0 saturated carbocycles. The fourth-order valence-corrected chi connectivity index (χ4v) is 5.89. The standard InChI is InChI=1S/C17H25N5O3S2/c1-6-21(14-7-8-27(24,25)9-14)15(23)13(5)26-17-19-16-18-11(3)10(2)12(4)22(16)20-17/h13-14H,6-9H2,1-5H3. The molecule has 2 unspecified atom stereocenters. The molecule has 0 spiro atoms. The van der Waals surface area contributed by atoms with Gasteiger partial charge < -0.3 is 4.90 Å². The Hall–Kier alpha value is -1.68. The summed E-state index contributed by atoms with van der Waals surface area (Å²) >= 11 is 1.28. The zero-order chi connectivity index (χ0) is 19.9. The third-order valence-corrected chi connectivity index (χ3v) is 7.83. The molecular weight excluding hydrogens is 386 g/mol. The summed E-state index contributed by atoms with van der Waals surface area (Å²) in [5.74, 6) is 0.645. The molecule has 1 aliphatic heterocycles. The number of nitrogens with zero attached hydrogens (tertiary/aromatic N) is 5. The summed E-state index contributed by atoms with van der Waals surface area (Å²) in [7, 11) is -3.04. The minimum absolute atomic E-state index is 0.0538. The number of carbonyl (C=O) groups is 1. The van der Waals surface area contributed by atoms with Crippen LogP contribution in [0.4, 0.5) is 0 Å². The van der Waals surface area contributed by atoms with Crippen LogP contribution >= 0.6 is 11.8 Å². The van der Waals surface area contributed by atoms with Gasteiger partial charge in [0.05, 0.1) is 16.8 Å². The van der Waals surface area contributed by atoms with E-state index in [0.29, 0.717) is 23.9 Å². The minimum atomic E-state index is -3.04. The molecule has 0 aromatic carbocycles. The van der Waals surface area contributed by atoms with E-state index in [0.717, 1.165) is 17.0 Å². The number of carbonyl (C=O) groups excluding carboxylic acids is 1. The first kappa shape index (κ1) is 20.1. The Labute approximate surface area is 163 Å². The molecule has 10 heteroatoms. The molecule has 2 atom stereocenters. The Kier molecular flexibility index (Phi) is 5.49. The summed E-state index contributed by atoms with van der Waals surface area (Å²) in [6.45, 7) is 10.1. The molecule has 8 nitrogen and oxygen atoms in total. The third kappa shape index (κ3) is 3.96. The molecule has 1 fully saturated rings. The van der Waals surface area contributed by atoms with E-state index in [1.54, 1.807) is 9.42 Å². The molecule has 3 rings (SSSR count). The summed E-state index contributed by atoms with van der Waals surface area (Å²) in [6, 6.07) is -0.237. The zero-order valence-corrected chi connectivity index (χ0v) is 17.9. The maximum absolute atomic E-state index is 12.9. The molecule has 0 aliphatic carbocycles. The van der Waals surface area contributed by atoms with E-state index in [9.17, 15) is 13.2 Å². The van der Waals surface area contributed by atoms with Crippen molar-refractivity contribution in [1.29, 1.82) is 0 Å². The summed E-state index contributed by atoms with van der Waals surface area (Å²) in [5.41, 5.74) is 2.95. The van der Waals surface area contributed by atoms with Gasteiger partial charge in [0, 0.05) is 24.0 Å². The lowest BCUT2D eigenvalue weighted by molar-refractivity contribution is -0.131. The van der Waals surface area contributed by atoms with Gasteiger partial charge in [0.2, 0.25) is 11.1 Å². The zero-order valence-electron chi connectivity index (χ0n) is 16.3. The number of hydrogen-bond acceptors (Lipinski definition) is 7. The van der Waals surface area contributed by atoms with Crippen molar-refractivity contribution >= 4 is 33.3 Å².